The second kappa shape index (κ2) is 5.92. The molecule has 3 atom stereocenters. The molecule has 2 aliphatic rings. The Labute approximate surface area is 139 Å². The first kappa shape index (κ1) is 15.9. The fourth-order valence-electron chi connectivity index (χ4n) is 3.27. The first-order valence-electron chi connectivity index (χ1n) is 7.56. The maximum absolute atomic E-state index is 12.9. The van der Waals surface area contributed by atoms with Gasteiger partial charge < -0.3 is 15.4 Å². The average Bonchev–Trinajstić information content (AvgIpc) is 2.92. The molecule has 0 aromatic heterocycles. The second-order valence-corrected chi connectivity index (χ2v) is 7.29. The lowest BCUT2D eigenvalue weighted by Crippen LogP contribution is -2.51. The van der Waals surface area contributed by atoms with E-state index < -0.39 is 5.54 Å². The van der Waals surface area contributed by atoms with E-state index in [0.29, 0.717) is 13.1 Å². The van der Waals surface area contributed by atoms with E-state index in [0.717, 1.165) is 23.2 Å². The van der Waals surface area contributed by atoms with Crippen molar-refractivity contribution >= 4 is 21.8 Å². The van der Waals surface area contributed by atoms with E-state index >= 15 is 0 Å². The number of likely N-dealkylation sites (N-methyl/N-ethyl adjacent to an activating group) is 1. The third-order valence-corrected chi connectivity index (χ3v) is 5.28. The number of ether oxygens (including phenoxy) is 1. The molecule has 3 rings (SSSR count). The molecule has 2 aliphatic heterocycles. The molecule has 22 heavy (non-hydrogen) atoms. The number of morpholine rings is 1. The molecule has 0 bridgehead atoms. The Bertz CT molecular complexity index is 561. The molecule has 0 radical (unpaired) electrons. The number of rotatable bonds is 2. The molecular formula is C16H22BrN3O2. The van der Waals surface area contributed by atoms with Crippen LogP contribution in [0.15, 0.2) is 28.7 Å². The molecule has 1 aromatic carbocycles. The Morgan fingerprint density at radius 3 is 2.68 bits per heavy atom. The summed E-state index contributed by atoms with van der Waals surface area (Å²) >= 11 is 3.41. The van der Waals surface area contributed by atoms with Gasteiger partial charge in [0.2, 0.25) is 5.91 Å². The standard InChI is InChI=1S/C16H22BrN3O2/c1-16(18,11-3-5-12(17)6-4-11)15(21)20-9-13-14(10-20)22-8-7-19(13)2/h3-6,13-14H,7-10,18H2,1-2H3/t13-,14+,16?/m0/s1. The van der Waals surface area contributed by atoms with Crippen molar-refractivity contribution in [3.63, 3.8) is 0 Å². The largest absolute Gasteiger partial charge is 0.373 e. The minimum absolute atomic E-state index is 0.0405. The molecule has 2 saturated heterocycles. The Morgan fingerprint density at radius 2 is 2.05 bits per heavy atom. The zero-order chi connectivity index (χ0) is 15.9. The molecule has 0 aliphatic carbocycles. The van der Waals surface area contributed by atoms with Gasteiger partial charge in [0, 0.05) is 24.1 Å². The van der Waals surface area contributed by atoms with Crippen molar-refractivity contribution in [3.8, 4) is 0 Å². The van der Waals surface area contributed by atoms with Gasteiger partial charge in [-0.15, -0.1) is 0 Å². The van der Waals surface area contributed by atoms with Crippen molar-refractivity contribution in [1.82, 2.24) is 9.80 Å². The first-order valence-corrected chi connectivity index (χ1v) is 8.35. The SMILES string of the molecule is CN1CCO[C@@H]2CN(C(=O)C(C)(N)c3ccc(Br)cc3)C[C@@H]21. The number of nitrogens with two attached hydrogens (primary N) is 1. The summed E-state index contributed by atoms with van der Waals surface area (Å²) in [6.45, 7) is 4.73. The lowest BCUT2D eigenvalue weighted by molar-refractivity contribution is -0.136. The highest BCUT2D eigenvalue weighted by molar-refractivity contribution is 9.10. The molecule has 1 unspecified atom stereocenters. The van der Waals surface area contributed by atoms with Gasteiger partial charge >= 0.3 is 0 Å². The summed E-state index contributed by atoms with van der Waals surface area (Å²) in [5.74, 6) is -0.0405. The van der Waals surface area contributed by atoms with Crippen molar-refractivity contribution < 1.29 is 9.53 Å². The van der Waals surface area contributed by atoms with E-state index in [1.54, 1.807) is 6.92 Å². The van der Waals surface area contributed by atoms with Crippen molar-refractivity contribution in [1.29, 1.82) is 0 Å². The van der Waals surface area contributed by atoms with E-state index in [1.807, 2.05) is 29.2 Å². The predicted molar refractivity (Wildman–Crippen MR) is 88.4 cm³/mol. The maximum atomic E-state index is 12.9. The molecule has 2 heterocycles. The van der Waals surface area contributed by atoms with Crippen LogP contribution < -0.4 is 5.73 Å². The summed E-state index contributed by atoms with van der Waals surface area (Å²) in [5, 5.41) is 0. The normalized spacial score (nSPS) is 28.3. The molecule has 0 spiro atoms. The average molecular weight is 368 g/mol. The fourth-order valence-corrected chi connectivity index (χ4v) is 3.54. The van der Waals surface area contributed by atoms with Crippen LogP contribution in [0.1, 0.15) is 12.5 Å². The molecule has 1 amide bonds. The van der Waals surface area contributed by atoms with Crippen molar-refractivity contribution in [2.24, 2.45) is 5.73 Å². The van der Waals surface area contributed by atoms with Gasteiger partial charge in [0.1, 0.15) is 5.54 Å². The molecule has 1 aromatic rings. The van der Waals surface area contributed by atoms with Gasteiger partial charge in [0.15, 0.2) is 0 Å². The van der Waals surface area contributed by atoms with Crippen LogP contribution in [0.25, 0.3) is 0 Å². The zero-order valence-electron chi connectivity index (χ0n) is 13.0. The van der Waals surface area contributed by atoms with E-state index in [-0.39, 0.29) is 18.1 Å². The molecule has 6 heteroatoms. The lowest BCUT2D eigenvalue weighted by Gasteiger charge is -2.33. The zero-order valence-corrected chi connectivity index (χ0v) is 14.5. The highest BCUT2D eigenvalue weighted by atomic mass is 79.9. The Balaban J connectivity index is 1.77. The number of amides is 1. The van der Waals surface area contributed by atoms with Gasteiger partial charge in [-0.1, -0.05) is 28.1 Å². The van der Waals surface area contributed by atoms with E-state index in [1.165, 1.54) is 0 Å². The number of benzene rings is 1. The number of hydrogen-bond donors (Lipinski definition) is 1. The summed E-state index contributed by atoms with van der Waals surface area (Å²) in [7, 11) is 2.09. The number of likely N-dealkylation sites (tertiary alicyclic amines) is 1. The minimum Gasteiger partial charge on any atom is -0.373 e. The monoisotopic (exact) mass is 367 g/mol. The third kappa shape index (κ3) is 2.80. The number of hydrogen-bond acceptors (Lipinski definition) is 4. The van der Waals surface area contributed by atoms with Gasteiger partial charge in [0.25, 0.3) is 0 Å². The Kier molecular flexibility index (Phi) is 4.29. The number of halogens is 1. The molecule has 0 saturated carbocycles. The predicted octanol–water partition coefficient (Wildman–Crippen LogP) is 1.16. The Morgan fingerprint density at radius 1 is 1.36 bits per heavy atom. The van der Waals surface area contributed by atoms with Crippen molar-refractivity contribution in [3.05, 3.63) is 34.3 Å². The van der Waals surface area contributed by atoms with E-state index in [9.17, 15) is 4.79 Å². The highest BCUT2D eigenvalue weighted by Gasteiger charge is 2.44. The van der Waals surface area contributed by atoms with E-state index in [4.69, 9.17) is 10.5 Å². The summed E-state index contributed by atoms with van der Waals surface area (Å²) in [5.41, 5.74) is 6.18. The Hall–Kier alpha value is -0.950. The van der Waals surface area contributed by atoms with Crippen LogP contribution in [-0.4, -0.2) is 61.1 Å². The number of fused-ring (bicyclic) bond motifs is 1. The molecule has 5 nitrogen and oxygen atoms in total. The quantitative estimate of drug-likeness (QED) is 0.852. The number of carbonyl (C=O) groups is 1. The van der Waals surface area contributed by atoms with Gasteiger partial charge in [-0.05, 0) is 31.7 Å². The molecular weight excluding hydrogens is 346 g/mol. The summed E-state index contributed by atoms with van der Waals surface area (Å²) < 4.78 is 6.78. The van der Waals surface area contributed by atoms with Crippen LogP contribution >= 0.6 is 15.9 Å². The van der Waals surface area contributed by atoms with Crippen LogP contribution in [0.5, 0.6) is 0 Å². The molecule has 2 fully saturated rings. The maximum Gasteiger partial charge on any atom is 0.247 e. The topological polar surface area (TPSA) is 58.8 Å². The second-order valence-electron chi connectivity index (χ2n) is 6.38. The van der Waals surface area contributed by atoms with Crippen molar-refractivity contribution in [2.75, 3.05) is 33.3 Å². The van der Waals surface area contributed by atoms with Gasteiger partial charge in [0.05, 0.1) is 18.8 Å². The highest BCUT2D eigenvalue weighted by Crippen LogP contribution is 2.27. The summed E-state index contributed by atoms with van der Waals surface area (Å²) in [6, 6.07) is 7.89. The third-order valence-electron chi connectivity index (χ3n) is 4.75. The smallest absolute Gasteiger partial charge is 0.247 e. The summed E-state index contributed by atoms with van der Waals surface area (Å²) in [4.78, 5) is 17.0. The summed E-state index contributed by atoms with van der Waals surface area (Å²) in [6.07, 6.45) is 0.100. The minimum atomic E-state index is -1.02. The van der Waals surface area contributed by atoms with E-state index in [2.05, 4.69) is 27.9 Å². The number of nitrogens with zero attached hydrogens (tertiary/aromatic N) is 2. The van der Waals surface area contributed by atoms with Crippen molar-refractivity contribution in [2.45, 2.75) is 24.6 Å². The van der Waals surface area contributed by atoms with Crippen LogP contribution in [0.3, 0.4) is 0 Å². The fraction of sp³-hybridized carbons (Fsp3) is 0.562. The first-order chi connectivity index (χ1) is 10.4. The molecule has 2 N–H and O–H groups in total. The van der Waals surface area contributed by atoms with Gasteiger partial charge in [-0.3, -0.25) is 9.69 Å². The number of carbonyl (C=O) groups excluding carboxylic acids is 1. The van der Waals surface area contributed by atoms with Crippen LogP contribution in [0, 0.1) is 0 Å². The lowest BCUT2D eigenvalue weighted by atomic mass is 9.92. The van der Waals surface area contributed by atoms with Crippen LogP contribution in [-0.2, 0) is 15.1 Å². The van der Waals surface area contributed by atoms with Gasteiger partial charge in [-0.25, -0.2) is 0 Å². The van der Waals surface area contributed by atoms with Crippen LogP contribution in [0.2, 0.25) is 0 Å². The van der Waals surface area contributed by atoms with Crippen LogP contribution in [0.4, 0.5) is 0 Å². The van der Waals surface area contributed by atoms with Gasteiger partial charge in [-0.2, -0.15) is 0 Å². The molecule has 120 valence electrons.